The lowest BCUT2D eigenvalue weighted by Gasteiger charge is -2.04. The fourth-order valence-corrected chi connectivity index (χ4v) is 2.72. The Labute approximate surface area is 142 Å². The molecule has 0 unspecified atom stereocenters. The summed E-state index contributed by atoms with van der Waals surface area (Å²) < 4.78 is 5.54. The molecule has 1 N–H and O–H groups in total. The Balaban J connectivity index is 1.53. The van der Waals surface area contributed by atoms with Crippen molar-refractivity contribution in [2.75, 3.05) is 5.32 Å². The zero-order valence-corrected chi connectivity index (χ0v) is 13.8. The smallest absolute Gasteiger partial charge is 0.248 e. The second-order valence-electron chi connectivity index (χ2n) is 5.19. The number of hydrogen-bond donors (Lipinski definition) is 1. The van der Waals surface area contributed by atoms with Crippen molar-refractivity contribution in [3.63, 3.8) is 0 Å². The van der Waals surface area contributed by atoms with Crippen LogP contribution in [0.5, 0.6) is 0 Å². The quantitative estimate of drug-likeness (QED) is 0.693. The first-order valence-electron chi connectivity index (χ1n) is 7.37. The van der Waals surface area contributed by atoms with Crippen molar-refractivity contribution >= 4 is 28.7 Å². The van der Waals surface area contributed by atoms with Crippen LogP contribution in [-0.2, 0) is 11.2 Å². The summed E-state index contributed by atoms with van der Waals surface area (Å²) in [5.41, 5.74) is 2.14. The molecule has 0 bridgehead atoms. The van der Waals surface area contributed by atoms with E-state index in [-0.39, 0.29) is 18.1 Å². The average Bonchev–Trinajstić information content (AvgIpc) is 3.25. The van der Waals surface area contributed by atoms with E-state index < -0.39 is 0 Å². The van der Waals surface area contributed by atoms with E-state index in [1.165, 1.54) is 6.92 Å². The number of nitrogens with one attached hydrogen (secondary N) is 1. The zero-order valence-electron chi connectivity index (χ0n) is 13.0. The van der Waals surface area contributed by atoms with E-state index in [9.17, 15) is 9.59 Å². The monoisotopic (exact) mass is 341 g/mol. The number of Topliss-reactive ketones (excluding diaryl/α,β-unsaturated/α-hetero) is 1. The highest BCUT2D eigenvalue weighted by Crippen LogP contribution is 2.20. The number of anilines is 1. The zero-order chi connectivity index (χ0) is 16.9. The van der Waals surface area contributed by atoms with E-state index >= 15 is 0 Å². The van der Waals surface area contributed by atoms with Gasteiger partial charge in [0.2, 0.25) is 17.7 Å². The molecule has 1 amide bonds. The van der Waals surface area contributed by atoms with Gasteiger partial charge in [-0.05, 0) is 42.6 Å². The highest BCUT2D eigenvalue weighted by molar-refractivity contribution is 7.08. The normalized spacial score (nSPS) is 10.5. The van der Waals surface area contributed by atoms with Crippen molar-refractivity contribution in [1.82, 2.24) is 10.2 Å². The van der Waals surface area contributed by atoms with Crippen LogP contribution in [0.15, 0.2) is 45.5 Å². The van der Waals surface area contributed by atoms with Crippen LogP contribution >= 0.6 is 11.3 Å². The Bertz CT molecular complexity index is 838. The number of thiophene rings is 1. The van der Waals surface area contributed by atoms with Crippen molar-refractivity contribution in [3.8, 4) is 11.5 Å². The SMILES string of the molecule is CC(=O)c1ccc(NC(=O)CCc2nnc(-c3ccsc3)o2)cc1. The predicted octanol–water partition coefficient (Wildman–Crippen LogP) is 3.57. The molecular formula is C17H15N3O3S. The second-order valence-corrected chi connectivity index (χ2v) is 5.97. The lowest BCUT2D eigenvalue weighted by atomic mass is 10.1. The molecule has 0 saturated carbocycles. The third kappa shape index (κ3) is 3.94. The van der Waals surface area contributed by atoms with Gasteiger partial charge < -0.3 is 9.73 Å². The summed E-state index contributed by atoms with van der Waals surface area (Å²) in [4.78, 5) is 23.2. The molecule has 0 saturated heterocycles. The first-order valence-corrected chi connectivity index (χ1v) is 8.32. The molecule has 0 fully saturated rings. The molecule has 0 aliphatic heterocycles. The largest absolute Gasteiger partial charge is 0.421 e. The van der Waals surface area contributed by atoms with Crippen LogP contribution in [0.2, 0.25) is 0 Å². The number of carbonyl (C=O) groups excluding carboxylic acids is 2. The van der Waals surface area contributed by atoms with Gasteiger partial charge in [0.1, 0.15) is 0 Å². The highest BCUT2D eigenvalue weighted by Gasteiger charge is 2.11. The number of nitrogens with zero attached hydrogens (tertiary/aromatic N) is 2. The summed E-state index contributed by atoms with van der Waals surface area (Å²) in [5, 5.41) is 14.6. The summed E-state index contributed by atoms with van der Waals surface area (Å²) in [7, 11) is 0. The Morgan fingerprint density at radius 3 is 2.62 bits per heavy atom. The molecule has 7 heteroatoms. The lowest BCUT2D eigenvalue weighted by Crippen LogP contribution is -2.12. The van der Waals surface area contributed by atoms with Gasteiger partial charge >= 0.3 is 0 Å². The number of ketones is 1. The summed E-state index contributed by atoms with van der Waals surface area (Å²) in [5.74, 6) is 0.733. The van der Waals surface area contributed by atoms with Gasteiger partial charge in [0.05, 0.1) is 0 Å². The Kier molecular flexibility index (Phi) is 4.81. The maximum atomic E-state index is 12.0. The van der Waals surface area contributed by atoms with Gasteiger partial charge in [-0.3, -0.25) is 9.59 Å². The number of rotatable bonds is 6. The molecular weight excluding hydrogens is 326 g/mol. The molecule has 1 aromatic carbocycles. The molecule has 24 heavy (non-hydrogen) atoms. The number of hydrogen-bond acceptors (Lipinski definition) is 6. The van der Waals surface area contributed by atoms with Gasteiger partial charge in [-0.25, -0.2) is 0 Å². The maximum absolute atomic E-state index is 12.0. The van der Waals surface area contributed by atoms with Gasteiger partial charge in [0, 0.05) is 35.0 Å². The summed E-state index contributed by atoms with van der Waals surface area (Å²) in [6.45, 7) is 1.50. The third-order valence-corrected chi connectivity index (χ3v) is 4.06. The number of carbonyl (C=O) groups is 2. The van der Waals surface area contributed by atoms with Crippen molar-refractivity contribution in [3.05, 3.63) is 52.5 Å². The highest BCUT2D eigenvalue weighted by atomic mass is 32.1. The van der Waals surface area contributed by atoms with E-state index in [2.05, 4.69) is 15.5 Å². The van der Waals surface area contributed by atoms with Gasteiger partial charge in [-0.1, -0.05) is 0 Å². The van der Waals surface area contributed by atoms with Crippen molar-refractivity contribution in [2.24, 2.45) is 0 Å². The topological polar surface area (TPSA) is 85.1 Å². The summed E-state index contributed by atoms with van der Waals surface area (Å²) >= 11 is 1.55. The summed E-state index contributed by atoms with van der Waals surface area (Å²) in [6, 6.07) is 8.68. The molecule has 0 aliphatic carbocycles. The maximum Gasteiger partial charge on any atom is 0.248 e. The first kappa shape index (κ1) is 16.1. The Morgan fingerprint density at radius 1 is 1.17 bits per heavy atom. The molecule has 3 aromatic rings. The Morgan fingerprint density at radius 2 is 1.96 bits per heavy atom. The van der Waals surface area contributed by atoms with Crippen LogP contribution in [0, 0.1) is 0 Å². The number of aryl methyl sites for hydroxylation is 1. The van der Waals surface area contributed by atoms with Crippen LogP contribution in [-0.4, -0.2) is 21.9 Å². The number of aromatic nitrogens is 2. The minimum Gasteiger partial charge on any atom is -0.421 e. The van der Waals surface area contributed by atoms with Crippen LogP contribution in [0.1, 0.15) is 29.6 Å². The molecule has 3 rings (SSSR count). The molecule has 2 aromatic heterocycles. The molecule has 6 nitrogen and oxygen atoms in total. The van der Waals surface area contributed by atoms with Gasteiger partial charge in [-0.15, -0.1) is 10.2 Å². The van der Waals surface area contributed by atoms with E-state index in [0.717, 1.165) is 5.56 Å². The summed E-state index contributed by atoms with van der Waals surface area (Å²) in [6.07, 6.45) is 0.605. The second kappa shape index (κ2) is 7.18. The molecule has 0 spiro atoms. The average molecular weight is 341 g/mol. The van der Waals surface area contributed by atoms with Crippen LogP contribution < -0.4 is 5.32 Å². The van der Waals surface area contributed by atoms with Gasteiger partial charge in [-0.2, -0.15) is 11.3 Å². The lowest BCUT2D eigenvalue weighted by molar-refractivity contribution is -0.116. The molecule has 0 atom stereocenters. The van der Waals surface area contributed by atoms with Crippen molar-refractivity contribution in [1.29, 1.82) is 0 Å². The van der Waals surface area contributed by atoms with E-state index in [1.807, 2.05) is 16.8 Å². The van der Waals surface area contributed by atoms with Crippen LogP contribution in [0.3, 0.4) is 0 Å². The minimum atomic E-state index is -0.152. The molecule has 2 heterocycles. The van der Waals surface area contributed by atoms with Crippen LogP contribution in [0.25, 0.3) is 11.5 Å². The molecule has 122 valence electrons. The van der Waals surface area contributed by atoms with Gasteiger partial charge in [0.25, 0.3) is 0 Å². The Hall–Kier alpha value is -2.80. The van der Waals surface area contributed by atoms with E-state index in [0.29, 0.717) is 29.5 Å². The third-order valence-electron chi connectivity index (χ3n) is 3.38. The van der Waals surface area contributed by atoms with Crippen molar-refractivity contribution < 1.29 is 14.0 Å². The number of benzene rings is 1. The molecule has 0 radical (unpaired) electrons. The minimum absolute atomic E-state index is 0.00861. The van der Waals surface area contributed by atoms with Crippen molar-refractivity contribution in [2.45, 2.75) is 19.8 Å². The number of amides is 1. The predicted molar refractivity (Wildman–Crippen MR) is 91.0 cm³/mol. The first-order chi connectivity index (χ1) is 11.6. The standard InChI is InChI=1S/C17H15N3O3S/c1-11(21)12-2-4-14(5-3-12)18-15(22)6-7-16-19-20-17(23-16)13-8-9-24-10-13/h2-5,8-10H,6-7H2,1H3,(H,18,22). The van der Waals surface area contributed by atoms with E-state index in [4.69, 9.17) is 4.42 Å². The van der Waals surface area contributed by atoms with E-state index in [1.54, 1.807) is 35.6 Å². The van der Waals surface area contributed by atoms with Gasteiger partial charge in [0.15, 0.2) is 5.78 Å². The van der Waals surface area contributed by atoms with Crippen LogP contribution in [0.4, 0.5) is 5.69 Å². The fraction of sp³-hybridized carbons (Fsp3) is 0.176. The fourth-order valence-electron chi connectivity index (χ4n) is 2.09. The molecule has 0 aliphatic rings.